The van der Waals surface area contributed by atoms with Crippen molar-refractivity contribution in [1.29, 1.82) is 0 Å². The molecular formula is C26H27ClFN5O. The molecule has 1 aliphatic carbocycles. The quantitative estimate of drug-likeness (QED) is 0.349. The third-order valence-corrected chi connectivity index (χ3v) is 6.61. The molecule has 176 valence electrons. The fraction of sp³-hybridized carbons (Fsp3) is 0.385. The van der Waals surface area contributed by atoms with E-state index in [1.54, 1.807) is 12.1 Å². The standard InChI is InChI=1S/C20H19ClFN3O.C6H8N2/c1-11-12(2)24-20-19(23-11)16(15-4-3-14(21)9-17(15)22)10-18(25-20)13-5-7-26-8-6-13;1-4-7-8(5-1)6-2-3-6/h3-4,9-10,13H,5-8H2,1-2H3;1,4-6H,2-3H2. The van der Waals surface area contributed by atoms with Gasteiger partial charge in [0.15, 0.2) is 5.65 Å². The van der Waals surface area contributed by atoms with Gasteiger partial charge >= 0.3 is 0 Å². The van der Waals surface area contributed by atoms with Crippen LogP contribution in [0.3, 0.4) is 0 Å². The summed E-state index contributed by atoms with van der Waals surface area (Å²) >= 11 is 5.93. The molecule has 0 radical (unpaired) electrons. The number of halogens is 2. The van der Waals surface area contributed by atoms with E-state index in [1.165, 1.54) is 18.9 Å². The molecule has 1 saturated carbocycles. The van der Waals surface area contributed by atoms with Crippen LogP contribution in [0.4, 0.5) is 4.39 Å². The Balaban J connectivity index is 0.000000252. The average molecular weight is 480 g/mol. The number of ether oxygens (including phenoxy) is 1. The van der Waals surface area contributed by atoms with Crippen molar-refractivity contribution in [2.75, 3.05) is 13.2 Å². The number of fused-ring (bicyclic) bond motifs is 1. The van der Waals surface area contributed by atoms with Gasteiger partial charge < -0.3 is 4.74 Å². The maximum atomic E-state index is 14.6. The fourth-order valence-electron chi connectivity index (χ4n) is 4.17. The molecule has 1 saturated heterocycles. The van der Waals surface area contributed by atoms with Crippen LogP contribution in [0.5, 0.6) is 0 Å². The van der Waals surface area contributed by atoms with Crippen molar-refractivity contribution in [2.45, 2.75) is 51.5 Å². The minimum atomic E-state index is -0.372. The molecule has 0 unspecified atom stereocenters. The van der Waals surface area contributed by atoms with Crippen molar-refractivity contribution < 1.29 is 9.13 Å². The van der Waals surface area contributed by atoms with Gasteiger partial charge in [0.05, 0.1) is 17.4 Å². The summed E-state index contributed by atoms with van der Waals surface area (Å²) in [6.07, 6.45) is 8.30. The van der Waals surface area contributed by atoms with E-state index < -0.39 is 0 Å². The normalized spacial score (nSPS) is 16.4. The molecule has 34 heavy (non-hydrogen) atoms. The van der Waals surface area contributed by atoms with Crippen LogP contribution in [0.15, 0.2) is 42.7 Å². The Morgan fingerprint density at radius 2 is 1.74 bits per heavy atom. The first-order valence-electron chi connectivity index (χ1n) is 11.7. The summed E-state index contributed by atoms with van der Waals surface area (Å²) in [4.78, 5) is 14.0. The van der Waals surface area contributed by atoms with Gasteiger partial charge in [0.25, 0.3) is 0 Å². The van der Waals surface area contributed by atoms with Crippen LogP contribution in [0, 0.1) is 19.7 Å². The molecule has 1 aliphatic heterocycles. The fourth-order valence-corrected chi connectivity index (χ4v) is 4.33. The molecule has 2 aliphatic rings. The molecular weight excluding hydrogens is 453 g/mol. The summed E-state index contributed by atoms with van der Waals surface area (Å²) in [5, 5.41) is 4.46. The van der Waals surface area contributed by atoms with Crippen molar-refractivity contribution in [3.05, 3.63) is 70.6 Å². The van der Waals surface area contributed by atoms with Gasteiger partial charge in [-0.25, -0.2) is 19.3 Å². The summed E-state index contributed by atoms with van der Waals surface area (Å²) in [7, 11) is 0. The molecule has 4 heterocycles. The smallest absolute Gasteiger partial charge is 0.179 e. The lowest BCUT2D eigenvalue weighted by Crippen LogP contribution is -2.15. The van der Waals surface area contributed by atoms with E-state index in [0.29, 0.717) is 40.5 Å². The highest BCUT2D eigenvalue weighted by Crippen LogP contribution is 2.35. The summed E-state index contributed by atoms with van der Waals surface area (Å²) in [5.41, 5.74) is 4.91. The first-order valence-corrected chi connectivity index (χ1v) is 12.1. The Bertz CT molecular complexity index is 1300. The van der Waals surface area contributed by atoms with Crippen LogP contribution in [0.2, 0.25) is 5.02 Å². The number of aromatic nitrogens is 5. The van der Waals surface area contributed by atoms with Gasteiger partial charge in [0.1, 0.15) is 11.3 Å². The predicted molar refractivity (Wildman–Crippen MR) is 131 cm³/mol. The second-order valence-corrected chi connectivity index (χ2v) is 9.33. The van der Waals surface area contributed by atoms with Crippen LogP contribution < -0.4 is 0 Å². The van der Waals surface area contributed by atoms with E-state index in [2.05, 4.69) is 15.1 Å². The zero-order valence-corrected chi connectivity index (χ0v) is 20.1. The predicted octanol–water partition coefficient (Wildman–Crippen LogP) is 6.21. The SMILES string of the molecule is Cc1nc2nc(C3CCOCC3)cc(-c3ccc(Cl)cc3F)c2nc1C.c1cnn(C2CC2)c1. The highest BCUT2D eigenvalue weighted by Gasteiger charge is 2.23. The number of hydrogen-bond donors (Lipinski definition) is 0. The van der Waals surface area contributed by atoms with Gasteiger partial charge in [-0.2, -0.15) is 5.10 Å². The molecule has 0 bridgehead atoms. The Hall–Kier alpha value is -2.90. The lowest BCUT2D eigenvalue weighted by Gasteiger charge is -2.22. The highest BCUT2D eigenvalue weighted by molar-refractivity contribution is 6.30. The van der Waals surface area contributed by atoms with Gasteiger partial charge in [0, 0.05) is 53.4 Å². The van der Waals surface area contributed by atoms with Gasteiger partial charge in [-0.1, -0.05) is 11.6 Å². The second kappa shape index (κ2) is 9.76. The summed E-state index contributed by atoms with van der Waals surface area (Å²) < 4.78 is 22.1. The van der Waals surface area contributed by atoms with Gasteiger partial charge in [-0.05, 0) is 69.9 Å². The largest absolute Gasteiger partial charge is 0.381 e. The number of benzene rings is 1. The van der Waals surface area contributed by atoms with Crippen LogP contribution in [0.25, 0.3) is 22.3 Å². The minimum absolute atomic E-state index is 0.283. The van der Waals surface area contributed by atoms with Crippen LogP contribution in [-0.2, 0) is 4.74 Å². The molecule has 6 rings (SSSR count). The molecule has 6 nitrogen and oxygen atoms in total. The molecule has 1 aromatic carbocycles. The second-order valence-electron chi connectivity index (χ2n) is 8.89. The summed E-state index contributed by atoms with van der Waals surface area (Å²) in [5.74, 6) is -0.0892. The Morgan fingerprint density at radius 1 is 0.971 bits per heavy atom. The van der Waals surface area contributed by atoms with E-state index in [-0.39, 0.29) is 11.7 Å². The van der Waals surface area contributed by atoms with Crippen LogP contribution in [-0.4, -0.2) is 37.9 Å². The molecule has 0 atom stereocenters. The van der Waals surface area contributed by atoms with Crippen molar-refractivity contribution in [1.82, 2.24) is 24.7 Å². The van der Waals surface area contributed by atoms with Gasteiger partial charge in [-0.3, -0.25) is 4.68 Å². The molecule has 3 aromatic heterocycles. The molecule has 0 amide bonds. The van der Waals surface area contributed by atoms with Crippen molar-refractivity contribution in [3.8, 4) is 11.1 Å². The molecule has 0 N–H and O–H groups in total. The average Bonchev–Trinajstić information content (AvgIpc) is 3.54. The molecule has 4 aromatic rings. The third-order valence-electron chi connectivity index (χ3n) is 6.38. The Kier molecular flexibility index (Phi) is 6.57. The first-order chi connectivity index (χ1) is 16.5. The number of rotatable bonds is 3. The third kappa shape index (κ3) is 4.95. The Labute approximate surface area is 203 Å². The van der Waals surface area contributed by atoms with Gasteiger partial charge in [-0.15, -0.1) is 0 Å². The zero-order chi connectivity index (χ0) is 23.7. The summed E-state index contributed by atoms with van der Waals surface area (Å²) in [6, 6.07) is 9.37. The first kappa shape index (κ1) is 22.9. The highest BCUT2D eigenvalue weighted by atomic mass is 35.5. The lowest BCUT2D eigenvalue weighted by molar-refractivity contribution is 0.0845. The van der Waals surface area contributed by atoms with E-state index in [9.17, 15) is 4.39 Å². The van der Waals surface area contributed by atoms with Crippen LogP contribution >= 0.6 is 11.6 Å². The summed E-state index contributed by atoms with van der Waals surface area (Å²) in [6.45, 7) is 5.24. The monoisotopic (exact) mass is 479 g/mol. The van der Waals surface area contributed by atoms with E-state index >= 15 is 0 Å². The number of nitrogens with zero attached hydrogens (tertiary/aromatic N) is 5. The number of hydrogen-bond acceptors (Lipinski definition) is 5. The molecule has 0 spiro atoms. The van der Waals surface area contributed by atoms with Gasteiger partial charge in [0.2, 0.25) is 0 Å². The zero-order valence-electron chi connectivity index (χ0n) is 19.3. The van der Waals surface area contributed by atoms with Crippen LogP contribution in [0.1, 0.15) is 54.7 Å². The molecule has 2 fully saturated rings. The Morgan fingerprint density at radius 3 is 2.41 bits per heavy atom. The minimum Gasteiger partial charge on any atom is -0.381 e. The maximum Gasteiger partial charge on any atom is 0.179 e. The van der Waals surface area contributed by atoms with E-state index in [1.807, 2.05) is 43.1 Å². The maximum absolute atomic E-state index is 14.6. The van der Waals surface area contributed by atoms with Crippen molar-refractivity contribution in [2.24, 2.45) is 0 Å². The number of aryl methyl sites for hydroxylation is 2. The lowest BCUT2D eigenvalue weighted by atomic mass is 9.93. The van der Waals surface area contributed by atoms with E-state index in [0.717, 1.165) is 36.0 Å². The topological polar surface area (TPSA) is 65.7 Å². The number of pyridine rings is 1. The van der Waals surface area contributed by atoms with E-state index in [4.69, 9.17) is 21.3 Å². The molecule has 8 heteroatoms. The van der Waals surface area contributed by atoms with Crippen molar-refractivity contribution in [3.63, 3.8) is 0 Å². The van der Waals surface area contributed by atoms with Crippen molar-refractivity contribution >= 4 is 22.8 Å².